The van der Waals surface area contributed by atoms with Gasteiger partial charge in [-0.2, -0.15) is 13.2 Å². The fraction of sp³-hybridized carbons (Fsp3) is 0.917. The average Bonchev–Trinajstić information content (AvgIpc) is 2.23. The molecule has 0 aromatic heterocycles. The van der Waals surface area contributed by atoms with Crippen molar-refractivity contribution in [1.82, 2.24) is 9.80 Å². The lowest BCUT2D eigenvalue weighted by Gasteiger charge is -2.38. The number of nitrogens with two attached hydrogens (primary N) is 1. The zero-order valence-electron chi connectivity index (χ0n) is 11.9. The molecule has 1 saturated heterocycles. The molecule has 0 radical (unpaired) electrons. The van der Waals surface area contributed by atoms with Gasteiger partial charge in [-0.1, -0.05) is 0 Å². The second-order valence-electron chi connectivity index (χ2n) is 5.94. The molecule has 118 valence electrons. The topological polar surface area (TPSA) is 76.6 Å². The Hall–Kier alpha value is -0.860. The van der Waals surface area contributed by atoms with Crippen LogP contribution in [-0.4, -0.2) is 71.8 Å². The van der Waals surface area contributed by atoms with Crippen LogP contribution in [0.2, 0.25) is 0 Å². The predicted octanol–water partition coefficient (Wildman–Crippen LogP) is 0.489. The first-order valence-corrected chi connectivity index (χ1v) is 6.57. The van der Waals surface area contributed by atoms with E-state index >= 15 is 0 Å². The van der Waals surface area contributed by atoms with Crippen LogP contribution in [0.25, 0.3) is 0 Å². The van der Waals surface area contributed by atoms with Crippen molar-refractivity contribution in [3.05, 3.63) is 0 Å². The van der Waals surface area contributed by atoms with Crippen molar-refractivity contribution < 1.29 is 18.3 Å². The minimum absolute atomic E-state index is 0.269. The average molecular weight is 296 g/mol. The highest BCUT2D eigenvalue weighted by atomic mass is 19.4. The summed E-state index contributed by atoms with van der Waals surface area (Å²) in [6.07, 6.45) is -4.48. The third-order valence-electron chi connectivity index (χ3n) is 3.29. The highest BCUT2D eigenvalue weighted by Gasteiger charge is 2.43. The van der Waals surface area contributed by atoms with Gasteiger partial charge in [-0.05, 0) is 13.8 Å². The zero-order chi connectivity index (χ0) is 15.6. The van der Waals surface area contributed by atoms with Gasteiger partial charge in [0.05, 0.1) is 5.60 Å². The standard InChI is InChI=1S/C12H23F3N4O/c1-11(2,20)8-19-5-3-18(4-6-19)7-9(10(16)17)12(13,14)15/h9,20H,3-8H2,1-2H3,(H3,16,17). The molecule has 0 aliphatic carbocycles. The van der Waals surface area contributed by atoms with E-state index in [1.165, 1.54) is 0 Å². The molecule has 1 aliphatic heterocycles. The lowest BCUT2D eigenvalue weighted by molar-refractivity contribution is -0.161. The van der Waals surface area contributed by atoms with Crippen LogP contribution >= 0.6 is 0 Å². The summed E-state index contributed by atoms with van der Waals surface area (Å²) in [5.41, 5.74) is 4.23. The normalized spacial score (nSPS) is 20.9. The van der Waals surface area contributed by atoms with Crippen LogP contribution in [-0.2, 0) is 0 Å². The second-order valence-corrected chi connectivity index (χ2v) is 5.94. The maximum atomic E-state index is 12.7. The van der Waals surface area contributed by atoms with Gasteiger partial charge >= 0.3 is 6.18 Å². The molecule has 0 aromatic rings. The number of nitrogens with one attached hydrogen (secondary N) is 1. The smallest absolute Gasteiger partial charge is 0.389 e. The molecule has 1 unspecified atom stereocenters. The number of nitrogens with zero attached hydrogens (tertiary/aromatic N) is 2. The van der Waals surface area contributed by atoms with Crippen LogP contribution in [0.3, 0.4) is 0 Å². The lowest BCUT2D eigenvalue weighted by atomic mass is 10.1. The van der Waals surface area contributed by atoms with Gasteiger partial charge in [0, 0.05) is 39.3 Å². The second kappa shape index (κ2) is 6.28. The van der Waals surface area contributed by atoms with Crippen LogP contribution in [0.1, 0.15) is 13.8 Å². The summed E-state index contributed by atoms with van der Waals surface area (Å²) < 4.78 is 38.2. The summed E-state index contributed by atoms with van der Waals surface area (Å²) in [7, 11) is 0. The Morgan fingerprint density at radius 1 is 1.20 bits per heavy atom. The molecule has 1 atom stereocenters. The molecule has 5 nitrogen and oxygen atoms in total. The molecule has 8 heteroatoms. The molecule has 1 fully saturated rings. The summed E-state index contributed by atoms with van der Waals surface area (Å²) in [6.45, 7) is 5.81. The molecule has 0 saturated carbocycles. The number of hydrogen-bond donors (Lipinski definition) is 3. The van der Waals surface area contributed by atoms with Gasteiger partial charge in [0.25, 0.3) is 0 Å². The number of piperazine rings is 1. The first-order chi connectivity index (χ1) is 8.99. The van der Waals surface area contributed by atoms with Crippen molar-refractivity contribution in [2.45, 2.75) is 25.6 Å². The molecule has 0 bridgehead atoms. The maximum absolute atomic E-state index is 12.7. The van der Waals surface area contributed by atoms with Crippen LogP contribution in [0.5, 0.6) is 0 Å². The van der Waals surface area contributed by atoms with E-state index in [4.69, 9.17) is 11.1 Å². The van der Waals surface area contributed by atoms with Gasteiger partial charge in [-0.25, -0.2) is 0 Å². The molecule has 0 amide bonds. The molecule has 1 heterocycles. The number of hydrogen-bond acceptors (Lipinski definition) is 4. The quantitative estimate of drug-likeness (QED) is 0.510. The van der Waals surface area contributed by atoms with Gasteiger partial charge < -0.3 is 10.8 Å². The first-order valence-electron chi connectivity index (χ1n) is 6.57. The molecule has 4 N–H and O–H groups in total. The Labute approximate surface area is 117 Å². The van der Waals surface area contributed by atoms with E-state index in [1.807, 2.05) is 4.90 Å². The highest BCUT2D eigenvalue weighted by Crippen LogP contribution is 2.27. The molecule has 1 aliphatic rings. The molecule has 1 rings (SSSR count). The van der Waals surface area contributed by atoms with E-state index < -0.39 is 23.5 Å². The van der Waals surface area contributed by atoms with Crippen molar-refractivity contribution in [3.63, 3.8) is 0 Å². The minimum atomic E-state index is -4.48. The van der Waals surface area contributed by atoms with E-state index in [0.717, 1.165) is 0 Å². The Morgan fingerprint density at radius 3 is 2.00 bits per heavy atom. The van der Waals surface area contributed by atoms with E-state index in [2.05, 4.69) is 0 Å². The first kappa shape index (κ1) is 17.2. The lowest BCUT2D eigenvalue weighted by Crippen LogP contribution is -2.53. The number of aliphatic hydroxyl groups is 1. The molecule has 0 spiro atoms. The minimum Gasteiger partial charge on any atom is -0.389 e. The van der Waals surface area contributed by atoms with Gasteiger partial charge in [-0.3, -0.25) is 15.2 Å². The van der Waals surface area contributed by atoms with Crippen LogP contribution in [0.15, 0.2) is 0 Å². The number of rotatable bonds is 5. The zero-order valence-corrected chi connectivity index (χ0v) is 11.9. The van der Waals surface area contributed by atoms with Gasteiger partial charge in [0.1, 0.15) is 11.8 Å². The fourth-order valence-electron chi connectivity index (χ4n) is 2.31. The van der Waals surface area contributed by atoms with Crippen molar-refractivity contribution in [2.24, 2.45) is 11.7 Å². The monoisotopic (exact) mass is 296 g/mol. The summed E-state index contributed by atoms with van der Waals surface area (Å²) in [5.74, 6) is -2.74. The Kier molecular flexibility index (Phi) is 5.39. The van der Waals surface area contributed by atoms with E-state index in [1.54, 1.807) is 18.7 Å². The predicted molar refractivity (Wildman–Crippen MR) is 70.6 cm³/mol. The van der Waals surface area contributed by atoms with E-state index in [0.29, 0.717) is 32.7 Å². The number of β-amino-alcohol motifs (C(OH)–C–C–N with tert-alkyl or cyclic N) is 1. The van der Waals surface area contributed by atoms with Gasteiger partial charge in [0.15, 0.2) is 0 Å². The van der Waals surface area contributed by atoms with Crippen LogP contribution in [0.4, 0.5) is 13.2 Å². The Balaban J connectivity index is 2.47. The molecule has 0 aromatic carbocycles. The van der Waals surface area contributed by atoms with Crippen LogP contribution in [0, 0.1) is 11.3 Å². The number of alkyl halides is 3. The largest absolute Gasteiger partial charge is 0.399 e. The third kappa shape index (κ3) is 5.64. The Bertz CT molecular complexity index is 333. The van der Waals surface area contributed by atoms with Crippen molar-refractivity contribution >= 4 is 5.84 Å². The number of halogens is 3. The molecular weight excluding hydrogens is 273 g/mol. The highest BCUT2D eigenvalue weighted by molar-refractivity contribution is 5.80. The summed E-state index contributed by atoms with van der Waals surface area (Å²) in [5, 5.41) is 16.8. The van der Waals surface area contributed by atoms with Crippen molar-refractivity contribution in [2.75, 3.05) is 39.3 Å². The van der Waals surface area contributed by atoms with Crippen molar-refractivity contribution in [3.8, 4) is 0 Å². The number of amidine groups is 1. The van der Waals surface area contributed by atoms with Gasteiger partial charge in [0.2, 0.25) is 0 Å². The summed E-state index contributed by atoms with van der Waals surface area (Å²) in [6, 6.07) is 0. The van der Waals surface area contributed by atoms with Crippen molar-refractivity contribution in [1.29, 1.82) is 5.41 Å². The summed E-state index contributed by atoms with van der Waals surface area (Å²) in [4.78, 5) is 3.69. The summed E-state index contributed by atoms with van der Waals surface area (Å²) >= 11 is 0. The van der Waals surface area contributed by atoms with E-state index in [9.17, 15) is 18.3 Å². The van der Waals surface area contributed by atoms with Gasteiger partial charge in [-0.15, -0.1) is 0 Å². The third-order valence-corrected chi connectivity index (χ3v) is 3.29. The maximum Gasteiger partial charge on any atom is 0.399 e. The Morgan fingerprint density at radius 2 is 1.65 bits per heavy atom. The SMILES string of the molecule is CC(C)(O)CN1CCN(CC(C(=N)N)C(F)(F)F)CC1. The molecular formula is C12H23F3N4O. The van der Waals surface area contributed by atoms with Crippen LogP contribution < -0.4 is 5.73 Å². The van der Waals surface area contributed by atoms with E-state index in [-0.39, 0.29) is 6.54 Å². The fourth-order valence-corrected chi connectivity index (χ4v) is 2.31. The molecule has 20 heavy (non-hydrogen) atoms.